The van der Waals surface area contributed by atoms with Crippen LogP contribution < -0.4 is 20.4 Å². The number of benzene rings is 1. The Morgan fingerprint density at radius 3 is 2.17 bits per heavy atom. The van der Waals surface area contributed by atoms with Crippen LogP contribution in [0.15, 0.2) is 41.3 Å². The molecular weight excluding hydrogens is 751 g/mol. The third-order valence-corrected chi connectivity index (χ3v) is 11.6. The maximum absolute atomic E-state index is 15.8. The summed E-state index contributed by atoms with van der Waals surface area (Å²) in [5.41, 5.74) is -0.593. The number of anilines is 2. The van der Waals surface area contributed by atoms with Crippen LogP contribution in [0.25, 0.3) is 0 Å². The molecule has 19 heteroatoms. The van der Waals surface area contributed by atoms with Gasteiger partial charge in [-0.3, -0.25) is 9.59 Å². The van der Waals surface area contributed by atoms with Crippen LogP contribution >= 0.6 is 11.6 Å². The molecule has 3 heterocycles. The number of rotatable bonds is 9. The summed E-state index contributed by atoms with van der Waals surface area (Å²) in [6.07, 6.45) is -5.09. The van der Waals surface area contributed by atoms with E-state index in [1.165, 1.54) is 39.5 Å². The zero-order chi connectivity index (χ0) is 38.9. The van der Waals surface area contributed by atoms with Crippen molar-refractivity contribution in [3.05, 3.63) is 47.1 Å². The smallest absolute Gasteiger partial charge is 0.444 e. The lowest BCUT2D eigenvalue weighted by Gasteiger charge is -2.36. The van der Waals surface area contributed by atoms with Gasteiger partial charge in [0.2, 0.25) is 15.9 Å². The number of aromatic nitrogens is 1. The summed E-state index contributed by atoms with van der Waals surface area (Å²) < 4.78 is 103. The van der Waals surface area contributed by atoms with E-state index in [-0.39, 0.29) is 105 Å². The summed E-state index contributed by atoms with van der Waals surface area (Å²) >= 11 is 6.19. The molecule has 2 N–H and O–H groups in total. The second kappa shape index (κ2) is 15.5. The monoisotopic (exact) mass is 792 g/mol. The topological polar surface area (TPSA) is 141 Å². The highest BCUT2D eigenvalue weighted by Gasteiger charge is 2.44. The van der Waals surface area contributed by atoms with E-state index < -0.39 is 51.7 Å². The molecule has 1 saturated carbocycles. The first kappa shape index (κ1) is 40.4. The highest BCUT2D eigenvalue weighted by Crippen LogP contribution is 2.46. The first-order valence-corrected chi connectivity index (χ1v) is 19.0. The fourth-order valence-corrected chi connectivity index (χ4v) is 8.40. The van der Waals surface area contributed by atoms with Gasteiger partial charge in [0.25, 0.3) is 5.92 Å². The lowest BCUT2D eigenvalue weighted by atomic mass is 9.77. The Kier molecular flexibility index (Phi) is 11.8. The number of amides is 3. The van der Waals surface area contributed by atoms with E-state index in [2.05, 4.69) is 10.3 Å². The van der Waals surface area contributed by atoms with Crippen LogP contribution in [0.5, 0.6) is 0 Å². The lowest BCUT2D eigenvalue weighted by molar-refractivity contribution is -0.173. The second-order valence-electron chi connectivity index (χ2n) is 14.5. The number of hydrogen-bond acceptors (Lipinski definition) is 8. The summed E-state index contributed by atoms with van der Waals surface area (Å²) in [6.45, 7) is 5.46. The molecule has 0 radical (unpaired) electrons. The van der Waals surface area contributed by atoms with Crippen molar-refractivity contribution in [2.45, 2.75) is 81.5 Å². The van der Waals surface area contributed by atoms with Crippen molar-refractivity contribution < 1.29 is 49.5 Å². The number of pyridine rings is 1. The number of hydrogen-bond donors (Lipinski definition) is 2. The molecule has 292 valence electrons. The van der Waals surface area contributed by atoms with Crippen LogP contribution in [0.4, 0.5) is 38.3 Å². The molecule has 0 spiro atoms. The minimum Gasteiger partial charge on any atom is -0.444 e. The number of alkyl halides is 5. The molecular formula is C34H42ClF5N6O6S. The third kappa shape index (κ3) is 9.86. The molecule has 3 aliphatic rings. The van der Waals surface area contributed by atoms with Gasteiger partial charge in [-0.2, -0.15) is 17.5 Å². The first-order valence-electron chi connectivity index (χ1n) is 17.2. The summed E-state index contributed by atoms with van der Waals surface area (Å²) in [7, 11) is -3.96. The Morgan fingerprint density at radius 1 is 0.962 bits per heavy atom. The summed E-state index contributed by atoms with van der Waals surface area (Å²) in [4.78, 5) is 43.3. The maximum Gasteiger partial charge on any atom is 0.471 e. The fourth-order valence-electron chi connectivity index (χ4n) is 6.77. The fraction of sp³-hybridized carbons (Fsp3) is 0.588. The van der Waals surface area contributed by atoms with Gasteiger partial charge in [0, 0.05) is 62.9 Å². The zero-order valence-electron chi connectivity index (χ0n) is 29.4. The van der Waals surface area contributed by atoms with Gasteiger partial charge in [0.05, 0.1) is 10.9 Å². The highest BCUT2D eigenvalue weighted by molar-refractivity contribution is 7.89. The van der Waals surface area contributed by atoms with Crippen molar-refractivity contribution in [2.75, 3.05) is 49.1 Å². The van der Waals surface area contributed by atoms with E-state index in [4.69, 9.17) is 16.3 Å². The van der Waals surface area contributed by atoms with E-state index in [9.17, 15) is 36.0 Å². The van der Waals surface area contributed by atoms with Gasteiger partial charge in [-0.15, -0.1) is 0 Å². The number of piperazine rings is 1. The number of halogens is 6. The molecule has 12 nitrogen and oxygen atoms in total. The van der Waals surface area contributed by atoms with Crippen molar-refractivity contribution in [1.82, 2.24) is 19.9 Å². The minimum absolute atomic E-state index is 0.00467. The van der Waals surface area contributed by atoms with Gasteiger partial charge in [0.15, 0.2) is 0 Å². The number of alkyl carbamates (subject to hydrolysis) is 1. The van der Waals surface area contributed by atoms with E-state index in [0.717, 1.165) is 6.07 Å². The van der Waals surface area contributed by atoms with Crippen LogP contribution in [0.2, 0.25) is 5.15 Å². The number of nitrogens with zero attached hydrogens (tertiary/aromatic N) is 4. The van der Waals surface area contributed by atoms with Crippen molar-refractivity contribution in [3.8, 4) is 0 Å². The molecule has 2 saturated heterocycles. The molecule has 3 fully saturated rings. The lowest BCUT2D eigenvalue weighted by Crippen LogP contribution is -2.49. The molecule has 1 atom stereocenters. The quantitative estimate of drug-likeness (QED) is 0.253. The summed E-state index contributed by atoms with van der Waals surface area (Å²) in [5, 5.41) is 4.34. The average molecular weight is 793 g/mol. The number of carbonyl (C=O) groups is 3. The van der Waals surface area contributed by atoms with E-state index in [1.54, 1.807) is 25.7 Å². The van der Waals surface area contributed by atoms with E-state index in [1.807, 2.05) is 5.32 Å². The van der Waals surface area contributed by atoms with Gasteiger partial charge in [-0.1, -0.05) is 11.6 Å². The second-order valence-corrected chi connectivity index (χ2v) is 16.8. The minimum atomic E-state index is -5.01. The van der Waals surface area contributed by atoms with Crippen LogP contribution in [-0.2, 0) is 30.3 Å². The van der Waals surface area contributed by atoms with Crippen LogP contribution in [-0.4, -0.2) is 92.7 Å². The molecule has 0 unspecified atom stereocenters. The number of carbonyl (C=O) groups excluding carboxylic acids is 3. The Morgan fingerprint density at radius 2 is 1.58 bits per heavy atom. The molecule has 2 aliphatic heterocycles. The Balaban J connectivity index is 1.16. The standard InChI is InChI=1S/C34H42ClF5N6O6S/c1-32(2,3)52-31(49)42-24-18-29(47)46(20-24)25-8-10-26(11-9-25)53(50,51)45-14-12-44(13-15-45)28-17-23(16-27(35)43-28)33(36,37)22-6-4-21(5-7-22)19-41-30(48)34(38,39)40/h8-11,16-17,21-22,24H,4-7,12-15,18-20H2,1-3H3,(H,41,48)(H,42,49)/t21?,22?,24-/m1/s1. The van der Waals surface area contributed by atoms with Gasteiger partial charge < -0.3 is 25.2 Å². The van der Waals surface area contributed by atoms with E-state index >= 15 is 8.78 Å². The number of sulfonamides is 1. The van der Waals surface area contributed by atoms with Gasteiger partial charge in [-0.25, -0.2) is 27.0 Å². The van der Waals surface area contributed by atoms with Crippen LogP contribution in [0.1, 0.15) is 58.4 Å². The Hall–Kier alpha value is -3.77. The largest absolute Gasteiger partial charge is 0.471 e. The first-order chi connectivity index (χ1) is 24.6. The van der Waals surface area contributed by atoms with Crippen molar-refractivity contribution in [2.24, 2.45) is 11.8 Å². The van der Waals surface area contributed by atoms with Crippen molar-refractivity contribution in [1.29, 1.82) is 0 Å². The third-order valence-electron chi connectivity index (χ3n) is 9.53. The average Bonchev–Trinajstić information content (AvgIpc) is 3.45. The van der Waals surface area contributed by atoms with Crippen LogP contribution in [0, 0.1) is 11.8 Å². The predicted octanol–water partition coefficient (Wildman–Crippen LogP) is 5.45. The van der Waals surface area contributed by atoms with Gasteiger partial charge in [-0.05, 0) is 88.8 Å². The summed E-state index contributed by atoms with van der Waals surface area (Å²) in [6, 6.07) is 7.68. The molecule has 1 aromatic heterocycles. The Labute approximate surface area is 309 Å². The molecule has 2 aromatic rings. The molecule has 1 aliphatic carbocycles. The molecule has 53 heavy (non-hydrogen) atoms. The molecule has 5 rings (SSSR count). The zero-order valence-corrected chi connectivity index (χ0v) is 31.0. The molecule has 3 amide bonds. The highest BCUT2D eigenvalue weighted by atomic mass is 35.5. The van der Waals surface area contributed by atoms with E-state index in [0.29, 0.717) is 5.69 Å². The van der Waals surface area contributed by atoms with Gasteiger partial charge in [0.1, 0.15) is 16.6 Å². The molecule has 1 aromatic carbocycles. The number of ether oxygens (including phenoxy) is 1. The normalized spacial score (nSPS) is 22.1. The predicted molar refractivity (Wildman–Crippen MR) is 185 cm³/mol. The maximum atomic E-state index is 15.8. The number of nitrogens with one attached hydrogen (secondary N) is 2. The summed E-state index contributed by atoms with van der Waals surface area (Å²) in [5.74, 6) is -6.92. The van der Waals surface area contributed by atoms with Gasteiger partial charge >= 0.3 is 18.2 Å². The Bertz CT molecular complexity index is 1780. The van der Waals surface area contributed by atoms with Crippen molar-refractivity contribution >= 4 is 51.0 Å². The van der Waals surface area contributed by atoms with Crippen LogP contribution in [0.3, 0.4) is 0 Å². The van der Waals surface area contributed by atoms with Crippen molar-refractivity contribution in [3.63, 3.8) is 0 Å². The SMILES string of the molecule is CC(C)(C)OC(=O)N[C@@H]1CC(=O)N(c2ccc(S(=O)(=O)N3CCN(c4cc(C(F)(F)C5CCC(CNC(=O)C(F)(F)F)CC5)cc(Cl)n4)CC3)cc2)C1. The molecule has 0 bridgehead atoms.